The maximum absolute atomic E-state index is 13.6. The highest BCUT2D eigenvalue weighted by Crippen LogP contribution is 2.34. The molecule has 1 heterocycles. The Morgan fingerprint density at radius 2 is 2.28 bits per heavy atom. The van der Waals surface area contributed by atoms with Gasteiger partial charge in [0.2, 0.25) is 0 Å². The van der Waals surface area contributed by atoms with Gasteiger partial charge in [-0.25, -0.2) is 4.39 Å². The molecule has 1 aliphatic heterocycles. The molecule has 0 aliphatic carbocycles. The Balaban J connectivity index is 2.41. The van der Waals surface area contributed by atoms with E-state index in [9.17, 15) is 9.18 Å². The summed E-state index contributed by atoms with van der Waals surface area (Å²) in [5.41, 5.74) is 0.218. The molecule has 2 nitrogen and oxygen atoms in total. The van der Waals surface area contributed by atoms with Crippen molar-refractivity contribution >= 4 is 51.9 Å². The third-order valence-corrected chi connectivity index (χ3v) is 4.17. The van der Waals surface area contributed by atoms with Gasteiger partial charge in [0, 0.05) is 12.1 Å². The second-order valence-corrected chi connectivity index (χ2v) is 5.64. The average Bonchev–Trinajstić information content (AvgIpc) is 2.59. The van der Waals surface area contributed by atoms with Gasteiger partial charge in [0.05, 0.1) is 9.93 Å². The summed E-state index contributed by atoms with van der Waals surface area (Å²) in [5.74, 6) is -0.656. The normalized spacial score (nSPS) is 17.9. The first-order chi connectivity index (χ1) is 8.54. The fraction of sp³-hybridized carbons (Fsp3) is 0.167. The number of carbonyl (C=O) groups is 1. The smallest absolute Gasteiger partial charge is 0.266 e. The van der Waals surface area contributed by atoms with E-state index in [0.717, 1.165) is 11.8 Å². The fourth-order valence-corrected chi connectivity index (χ4v) is 3.14. The number of thiocarbonyl (C=S) groups is 1. The Kier molecular flexibility index (Phi) is 4.04. The van der Waals surface area contributed by atoms with E-state index in [0.29, 0.717) is 15.8 Å². The molecule has 18 heavy (non-hydrogen) atoms. The summed E-state index contributed by atoms with van der Waals surface area (Å²) in [6.45, 7) is 2.34. The lowest BCUT2D eigenvalue weighted by Crippen LogP contribution is -2.27. The van der Waals surface area contributed by atoms with Crippen LogP contribution in [0.2, 0.25) is 5.02 Å². The lowest BCUT2D eigenvalue weighted by atomic mass is 10.2. The molecule has 1 aromatic rings. The summed E-state index contributed by atoms with van der Waals surface area (Å²) in [7, 11) is 0. The van der Waals surface area contributed by atoms with Crippen LogP contribution in [-0.4, -0.2) is 21.7 Å². The van der Waals surface area contributed by atoms with E-state index in [4.69, 9.17) is 23.8 Å². The van der Waals surface area contributed by atoms with Gasteiger partial charge in [-0.3, -0.25) is 9.69 Å². The number of likely N-dealkylation sites (N-methyl/N-ethyl adjacent to an activating group) is 1. The highest BCUT2D eigenvalue weighted by molar-refractivity contribution is 8.26. The molecule has 0 atom stereocenters. The van der Waals surface area contributed by atoms with E-state index >= 15 is 0 Å². The van der Waals surface area contributed by atoms with Crippen LogP contribution in [0.15, 0.2) is 23.1 Å². The molecular formula is C12H9ClFNOS2. The molecule has 94 valence electrons. The van der Waals surface area contributed by atoms with Gasteiger partial charge in [0.1, 0.15) is 10.1 Å². The number of thioether (sulfide) groups is 1. The molecule has 0 spiro atoms. The van der Waals surface area contributed by atoms with E-state index in [1.165, 1.54) is 23.1 Å². The van der Waals surface area contributed by atoms with E-state index in [1.54, 1.807) is 6.07 Å². The number of hydrogen-bond acceptors (Lipinski definition) is 3. The van der Waals surface area contributed by atoms with Crippen LogP contribution in [0.4, 0.5) is 4.39 Å². The highest BCUT2D eigenvalue weighted by Gasteiger charge is 2.30. The average molecular weight is 302 g/mol. The van der Waals surface area contributed by atoms with Gasteiger partial charge in [-0.05, 0) is 25.1 Å². The summed E-state index contributed by atoms with van der Waals surface area (Å²) >= 11 is 12.1. The van der Waals surface area contributed by atoms with Crippen LogP contribution in [0.3, 0.4) is 0 Å². The third-order valence-electron chi connectivity index (χ3n) is 2.46. The Labute approximate surface area is 119 Å². The number of hydrogen-bond donors (Lipinski definition) is 0. The lowest BCUT2D eigenvalue weighted by molar-refractivity contribution is -0.121. The van der Waals surface area contributed by atoms with Crippen molar-refractivity contribution in [3.8, 4) is 0 Å². The minimum Gasteiger partial charge on any atom is -0.293 e. The van der Waals surface area contributed by atoms with Crippen molar-refractivity contribution in [1.29, 1.82) is 0 Å². The summed E-state index contributed by atoms with van der Waals surface area (Å²) < 4.78 is 14.1. The molecule has 1 amide bonds. The van der Waals surface area contributed by atoms with Crippen LogP contribution >= 0.6 is 35.6 Å². The molecule has 0 saturated carbocycles. The summed E-state index contributed by atoms with van der Waals surface area (Å²) in [4.78, 5) is 13.8. The van der Waals surface area contributed by atoms with Crippen LogP contribution < -0.4 is 0 Å². The van der Waals surface area contributed by atoms with Crippen molar-refractivity contribution in [3.05, 3.63) is 39.5 Å². The molecule has 2 rings (SSSR count). The minimum atomic E-state index is -0.454. The van der Waals surface area contributed by atoms with Crippen LogP contribution in [0.5, 0.6) is 0 Å². The number of carbonyl (C=O) groups excluding carboxylic acids is 1. The standard InChI is InChI=1S/C12H9ClFNOS2/c1-2-15-11(16)10(18-12(15)17)6-7-8(13)4-3-5-9(7)14/h3-6H,2H2,1H3. The number of halogens is 2. The number of amides is 1. The molecule has 1 aromatic carbocycles. The SMILES string of the molecule is CCN1C(=O)C(=Cc2c(F)cccc2Cl)SC1=S. The molecule has 6 heteroatoms. The fourth-order valence-electron chi connectivity index (χ4n) is 1.55. The van der Waals surface area contributed by atoms with Gasteiger partial charge in [0.15, 0.2) is 0 Å². The maximum Gasteiger partial charge on any atom is 0.266 e. The van der Waals surface area contributed by atoms with Crippen LogP contribution in [0.1, 0.15) is 12.5 Å². The molecule has 0 bridgehead atoms. The molecule has 0 N–H and O–H groups in total. The third kappa shape index (κ3) is 2.43. The monoisotopic (exact) mass is 301 g/mol. The van der Waals surface area contributed by atoms with Crippen LogP contribution in [0, 0.1) is 5.82 Å². The van der Waals surface area contributed by atoms with E-state index < -0.39 is 5.82 Å². The first-order valence-electron chi connectivity index (χ1n) is 5.24. The van der Waals surface area contributed by atoms with Crippen LogP contribution in [-0.2, 0) is 4.79 Å². The van der Waals surface area contributed by atoms with Crippen LogP contribution in [0.25, 0.3) is 6.08 Å². The van der Waals surface area contributed by atoms with Crippen molar-refractivity contribution in [2.75, 3.05) is 6.54 Å². The molecule has 0 aromatic heterocycles. The van der Waals surface area contributed by atoms with Gasteiger partial charge >= 0.3 is 0 Å². The second-order valence-electron chi connectivity index (χ2n) is 3.56. The largest absolute Gasteiger partial charge is 0.293 e. The quantitative estimate of drug-likeness (QED) is 0.614. The number of rotatable bonds is 2. The zero-order valence-corrected chi connectivity index (χ0v) is 11.8. The molecule has 0 unspecified atom stereocenters. The van der Waals surface area contributed by atoms with Crippen molar-refractivity contribution in [2.24, 2.45) is 0 Å². The maximum atomic E-state index is 13.6. The minimum absolute atomic E-state index is 0.202. The van der Waals surface area contributed by atoms with Crippen molar-refractivity contribution < 1.29 is 9.18 Å². The van der Waals surface area contributed by atoms with E-state index in [-0.39, 0.29) is 16.5 Å². The van der Waals surface area contributed by atoms with Crippen molar-refractivity contribution in [3.63, 3.8) is 0 Å². The Bertz CT molecular complexity index is 539. The predicted octanol–water partition coefficient (Wildman–Crippen LogP) is 3.70. The topological polar surface area (TPSA) is 20.3 Å². The second kappa shape index (κ2) is 5.38. The molecule has 0 radical (unpaired) electrons. The van der Waals surface area contributed by atoms with Crippen molar-refractivity contribution in [1.82, 2.24) is 4.90 Å². The van der Waals surface area contributed by atoms with Crippen molar-refractivity contribution in [2.45, 2.75) is 6.92 Å². The van der Waals surface area contributed by atoms with E-state index in [1.807, 2.05) is 6.92 Å². The molecular weight excluding hydrogens is 293 g/mol. The lowest BCUT2D eigenvalue weighted by Gasteiger charge is -2.09. The van der Waals surface area contributed by atoms with E-state index in [2.05, 4.69) is 0 Å². The zero-order chi connectivity index (χ0) is 13.3. The molecule has 1 saturated heterocycles. The first-order valence-corrected chi connectivity index (χ1v) is 6.84. The number of benzene rings is 1. The Hall–Kier alpha value is -0.910. The van der Waals surface area contributed by atoms with Gasteiger partial charge in [-0.15, -0.1) is 0 Å². The van der Waals surface area contributed by atoms with Gasteiger partial charge in [0.25, 0.3) is 5.91 Å². The predicted molar refractivity (Wildman–Crippen MR) is 77.0 cm³/mol. The first kappa shape index (κ1) is 13.5. The van der Waals surface area contributed by atoms with Gasteiger partial charge < -0.3 is 0 Å². The number of nitrogens with zero attached hydrogens (tertiary/aromatic N) is 1. The van der Waals surface area contributed by atoms with Gasteiger partial charge in [-0.2, -0.15) is 0 Å². The molecule has 1 fully saturated rings. The Morgan fingerprint density at radius 3 is 2.83 bits per heavy atom. The summed E-state index contributed by atoms with van der Waals surface area (Å²) in [6.07, 6.45) is 1.45. The zero-order valence-electron chi connectivity index (χ0n) is 9.44. The van der Waals surface area contributed by atoms with Gasteiger partial charge in [-0.1, -0.05) is 41.6 Å². The highest BCUT2D eigenvalue weighted by atomic mass is 35.5. The Morgan fingerprint density at radius 1 is 1.56 bits per heavy atom. The summed E-state index contributed by atoms with van der Waals surface area (Å²) in [5, 5.41) is 0.275. The summed E-state index contributed by atoms with van der Waals surface area (Å²) in [6, 6.07) is 4.40. The molecule has 1 aliphatic rings.